The Balaban J connectivity index is 0.00000480. The largest absolute Gasteiger partial charge is 0.431 e. The van der Waals surface area contributed by atoms with Gasteiger partial charge < -0.3 is 12.3 Å². The van der Waals surface area contributed by atoms with Crippen LogP contribution in [-0.2, 0) is 12.3 Å². The van der Waals surface area contributed by atoms with Crippen LogP contribution in [0.1, 0.15) is 0 Å². The average molecular weight is 802 g/mol. The molecule has 0 aliphatic carbocycles. The Morgan fingerprint density at radius 1 is 0.268 bits per heavy atom. The monoisotopic (exact) mass is 801 g/mol. The molecule has 0 saturated carbocycles. The van der Waals surface area contributed by atoms with Gasteiger partial charge in [-0.1, -0.05) is 243 Å². The molecule has 0 saturated heterocycles. The first-order chi connectivity index (χ1) is 27.2. The summed E-state index contributed by atoms with van der Waals surface area (Å²) in [7, 11) is -12.2. The van der Waals surface area contributed by atoms with Crippen LogP contribution in [0.15, 0.2) is 243 Å². The predicted molar refractivity (Wildman–Crippen MR) is 243 cm³/mol. The molecule has 3 nitrogen and oxygen atoms in total. The van der Waals surface area contributed by atoms with E-state index in [2.05, 4.69) is 243 Å². The molecule has 8 heteroatoms. The number of hydrogen-bond acceptors (Lipinski definition) is 3. The van der Waals surface area contributed by atoms with Gasteiger partial charge in [-0.25, -0.2) is 0 Å². The summed E-state index contributed by atoms with van der Waals surface area (Å²) in [6.45, 7) is 0. The van der Waals surface area contributed by atoms with E-state index in [1.165, 1.54) is 5.19 Å². The minimum Gasteiger partial charge on any atom is -0.431 e. The molecule has 0 aromatic heterocycles. The second kappa shape index (κ2) is 18.6. The zero-order valence-corrected chi connectivity index (χ0v) is 37.9. The van der Waals surface area contributed by atoms with E-state index < -0.39 is 35.2 Å². The molecule has 0 aliphatic rings. The molecule has 269 valence electrons. The van der Waals surface area contributed by atoms with E-state index in [-0.39, 0.29) is 29.6 Å². The van der Waals surface area contributed by atoms with Crippen molar-refractivity contribution in [3.63, 3.8) is 0 Å². The Labute approximate surface area is 358 Å². The molecule has 8 rings (SSSR count). The van der Waals surface area contributed by atoms with Crippen LogP contribution in [0.3, 0.4) is 0 Å². The van der Waals surface area contributed by atoms with Crippen LogP contribution in [-0.4, -0.2) is 64.8 Å². The van der Waals surface area contributed by atoms with Gasteiger partial charge in [-0.15, -0.1) is 0 Å². The van der Waals surface area contributed by atoms with E-state index in [1.54, 1.807) is 0 Å². The third kappa shape index (κ3) is 8.16. The zero-order valence-electron chi connectivity index (χ0n) is 31.5. The van der Waals surface area contributed by atoms with Gasteiger partial charge in [0.15, 0.2) is 9.76 Å². The molecule has 8 aromatic carbocycles. The molecular formula is C48H42NaO3Si4. The molecule has 0 atom stereocenters. The van der Waals surface area contributed by atoms with Gasteiger partial charge in [0.05, 0.1) is 0 Å². The van der Waals surface area contributed by atoms with Crippen molar-refractivity contribution in [1.29, 1.82) is 0 Å². The minimum absolute atomic E-state index is 0. The van der Waals surface area contributed by atoms with Crippen molar-refractivity contribution in [3.8, 4) is 0 Å². The summed E-state index contributed by atoms with van der Waals surface area (Å²) >= 11 is 0. The van der Waals surface area contributed by atoms with Gasteiger partial charge in [0, 0.05) is 29.6 Å². The Hall–Kier alpha value is -4.49. The van der Waals surface area contributed by atoms with E-state index in [0.717, 1.165) is 36.3 Å². The van der Waals surface area contributed by atoms with E-state index in [1.807, 2.05) is 0 Å². The van der Waals surface area contributed by atoms with Crippen LogP contribution in [0.2, 0.25) is 0 Å². The van der Waals surface area contributed by atoms with Crippen LogP contribution >= 0.6 is 0 Å². The van der Waals surface area contributed by atoms with Crippen molar-refractivity contribution in [2.75, 3.05) is 0 Å². The van der Waals surface area contributed by atoms with E-state index in [4.69, 9.17) is 12.3 Å². The van der Waals surface area contributed by atoms with Crippen LogP contribution in [0.25, 0.3) is 0 Å². The summed E-state index contributed by atoms with van der Waals surface area (Å²) in [6.07, 6.45) is 0. The zero-order chi connectivity index (χ0) is 37.2. The molecule has 0 amide bonds. The minimum atomic E-state index is -3.85. The smallest absolute Gasteiger partial charge is 0.389 e. The fourth-order valence-corrected chi connectivity index (χ4v) is 25.8. The molecule has 0 unspecified atom stereocenters. The van der Waals surface area contributed by atoms with Crippen LogP contribution in [0.4, 0.5) is 0 Å². The maximum atomic E-state index is 8.53. The molecule has 1 radical (unpaired) electrons. The molecule has 0 heterocycles. The average Bonchev–Trinajstić information content (AvgIpc) is 3.29. The first kappa shape index (κ1) is 39.7. The van der Waals surface area contributed by atoms with Crippen molar-refractivity contribution >= 4 is 106 Å². The van der Waals surface area contributed by atoms with Gasteiger partial charge in [0.25, 0.3) is 8.32 Å². The molecule has 56 heavy (non-hydrogen) atoms. The molecule has 8 aromatic rings. The summed E-state index contributed by atoms with van der Waals surface area (Å²) in [5.74, 6) is 0. The van der Waals surface area contributed by atoms with Gasteiger partial charge >= 0.3 is 17.1 Å². The Morgan fingerprint density at radius 3 is 0.821 bits per heavy atom. The van der Waals surface area contributed by atoms with Gasteiger partial charge in [0.1, 0.15) is 0 Å². The van der Waals surface area contributed by atoms with E-state index in [0.29, 0.717) is 0 Å². The Morgan fingerprint density at radius 2 is 0.518 bits per heavy atom. The molecule has 0 spiro atoms. The molecule has 0 N–H and O–H groups in total. The van der Waals surface area contributed by atoms with Crippen molar-refractivity contribution in [3.05, 3.63) is 243 Å². The van der Waals surface area contributed by atoms with Crippen molar-refractivity contribution in [2.24, 2.45) is 0 Å². The first-order valence-corrected chi connectivity index (χ1v) is 25.5. The van der Waals surface area contributed by atoms with Gasteiger partial charge in [-0.2, -0.15) is 0 Å². The summed E-state index contributed by atoms with van der Waals surface area (Å²) < 4.78 is 24.6. The Bertz CT molecular complexity index is 2190. The van der Waals surface area contributed by atoms with Crippen molar-refractivity contribution < 1.29 is 12.3 Å². The number of hydrogen-bond donors (Lipinski definition) is 0. The molecule has 0 fully saturated rings. The second-order valence-electron chi connectivity index (χ2n) is 13.5. The normalized spacial score (nSPS) is 11.9. The molecule has 0 bridgehead atoms. The third-order valence-electron chi connectivity index (χ3n) is 10.0. The van der Waals surface area contributed by atoms with Crippen LogP contribution < -0.4 is 41.5 Å². The molecular weight excluding hydrogens is 760 g/mol. The number of benzene rings is 8. The topological polar surface area (TPSA) is 27.7 Å². The van der Waals surface area contributed by atoms with E-state index >= 15 is 0 Å². The third-order valence-corrected chi connectivity index (χ3v) is 25.5. The number of rotatable bonds is 14. The summed E-state index contributed by atoms with van der Waals surface area (Å²) in [4.78, 5) is 0. The fraction of sp³-hybridized carbons (Fsp3) is 0. The van der Waals surface area contributed by atoms with Crippen molar-refractivity contribution in [2.45, 2.75) is 0 Å². The predicted octanol–water partition coefficient (Wildman–Crippen LogP) is 4.25. The molecule has 0 aliphatic heterocycles. The van der Waals surface area contributed by atoms with Gasteiger partial charge in [-0.05, 0) is 41.5 Å². The summed E-state index contributed by atoms with van der Waals surface area (Å²) in [5, 5.41) is 8.78. The second-order valence-corrected chi connectivity index (χ2v) is 25.2. The summed E-state index contributed by atoms with van der Waals surface area (Å²) in [6, 6.07) is 85.7. The first-order valence-electron chi connectivity index (χ1n) is 18.7. The van der Waals surface area contributed by atoms with Crippen LogP contribution in [0, 0.1) is 0 Å². The standard InChI is InChI=1S/C48H42O3Si4.Na/c1-9-25-41(26-10-1)52-49-54(45-33-17-5-18-34-45,46-35-19-6-20-36-46)51-55(47-37-21-7-22-38-47,48-39-23-8-24-40-48)50-53(42-27-11-2-12-28-42,43-29-13-3-14-30-43)44-31-15-4-16-32-44;/h1-40H,52H2;. The van der Waals surface area contributed by atoms with Gasteiger partial charge in [-0.3, -0.25) is 0 Å². The quantitative estimate of drug-likeness (QED) is 0.122. The van der Waals surface area contributed by atoms with Crippen LogP contribution in [0.5, 0.6) is 0 Å². The summed E-state index contributed by atoms with van der Waals surface area (Å²) in [5.41, 5.74) is 0. The fourth-order valence-electron chi connectivity index (χ4n) is 7.41. The van der Waals surface area contributed by atoms with E-state index in [9.17, 15) is 0 Å². The maximum Gasteiger partial charge on any atom is 0.389 e. The SMILES string of the molecule is [Na].c1ccc([SiH2]O[Si](O[Si](O[Si](c2ccccc2)(c2ccccc2)c2ccccc2)(c2ccccc2)c2ccccc2)(c2ccccc2)c2ccccc2)cc1. The van der Waals surface area contributed by atoms with Gasteiger partial charge in [0.2, 0.25) is 0 Å². The maximum absolute atomic E-state index is 8.53. The Kier molecular flexibility index (Phi) is 13.2. The van der Waals surface area contributed by atoms with Crippen molar-refractivity contribution in [1.82, 2.24) is 0 Å².